The topological polar surface area (TPSA) is 80.6 Å². The molecule has 4 amide bonds. The molecule has 1 aliphatic rings. The molecule has 1 atom stereocenters. The molecule has 4 aromatic rings. The van der Waals surface area contributed by atoms with Crippen molar-refractivity contribution in [1.82, 2.24) is 9.88 Å². The summed E-state index contributed by atoms with van der Waals surface area (Å²) < 4.78 is 7.92. The number of hydrogen-bond donors (Lipinski definition) is 1. The summed E-state index contributed by atoms with van der Waals surface area (Å²) in [6, 6.07) is 24.1. The maximum Gasteiger partial charge on any atom is 0.335 e. The minimum atomic E-state index is -0.751. The average Bonchev–Trinajstić information content (AvgIpc) is 3.31. The van der Waals surface area contributed by atoms with Crippen molar-refractivity contribution < 1.29 is 19.1 Å². The number of anilines is 1. The van der Waals surface area contributed by atoms with Crippen molar-refractivity contribution in [3.05, 3.63) is 102 Å². The molecule has 39 heavy (non-hydrogen) atoms. The number of aromatic nitrogens is 1. The van der Waals surface area contributed by atoms with Crippen LogP contribution < -0.4 is 15.0 Å². The molecule has 0 unspecified atom stereocenters. The first-order chi connectivity index (χ1) is 19.0. The summed E-state index contributed by atoms with van der Waals surface area (Å²) in [5.74, 6) is -0.154. The highest BCUT2D eigenvalue weighted by Crippen LogP contribution is 2.28. The Labute approximate surface area is 227 Å². The number of carbonyl (C=O) groups excluding carboxylic acids is 3. The quantitative estimate of drug-likeness (QED) is 0.159. The fraction of sp³-hybridized carbons (Fsp3) is 0.219. The molecule has 0 bridgehead atoms. The summed E-state index contributed by atoms with van der Waals surface area (Å²) in [5.41, 5.74) is 3.18. The van der Waals surface area contributed by atoms with Crippen molar-refractivity contribution in [1.29, 1.82) is 0 Å². The first-order valence-corrected chi connectivity index (χ1v) is 13.2. The van der Waals surface area contributed by atoms with Crippen LogP contribution in [-0.2, 0) is 16.1 Å². The van der Waals surface area contributed by atoms with Crippen LogP contribution in [0.3, 0.4) is 0 Å². The minimum Gasteiger partial charge on any atom is -0.494 e. The van der Waals surface area contributed by atoms with E-state index < -0.39 is 17.8 Å². The van der Waals surface area contributed by atoms with Crippen molar-refractivity contribution >= 4 is 40.5 Å². The second-order valence-electron chi connectivity index (χ2n) is 9.67. The second-order valence-corrected chi connectivity index (χ2v) is 9.67. The lowest BCUT2D eigenvalue weighted by Gasteiger charge is -2.26. The Balaban J connectivity index is 1.39. The maximum absolute atomic E-state index is 13.5. The van der Waals surface area contributed by atoms with Crippen LogP contribution in [0, 0.1) is 0 Å². The van der Waals surface area contributed by atoms with E-state index in [0.29, 0.717) is 24.8 Å². The zero-order chi connectivity index (χ0) is 27.4. The molecule has 1 aliphatic heterocycles. The molecule has 1 N–H and O–H groups in total. The number of amides is 4. The van der Waals surface area contributed by atoms with Gasteiger partial charge < -0.3 is 9.30 Å². The van der Waals surface area contributed by atoms with Crippen LogP contribution in [0.1, 0.15) is 43.7 Å². The third-order valence-electron chi connectivity index (χ3n) is 7.11. The highest BCUT2D eigenvalue weighted by molar-refractivity contribution is 6.39. The van der Waals surface area contributed by atoms with Gasteiger partial charge in [-0.05, 0) is 60.7 Å². The monoisotopic (exact) mass is 521 g/mol. The molecule has 198 valence electrons. The van der Waals surface area contributed by atoms with E-state index in [2.05, 4.69) is 23.7 Å². The van der Waals surface area contributed by atoms with E-state index in [1.54, 1.807) is 18.2 Å². The molecule has 0 spiro atoms. The van der Waals surface area contributed by atoms with E-state index >= 15 is 0 Å². The maximum atomic E-state index is 13.5. The molecule has 3 aromatic carbocycles. The number of carbonyl (C=O) groups is 3. The van der Waals surface area contributed by atoms with Crippen molar-refractivity contribution in [3.8, 4) is 5.75 Å². The van der Waals surface area contributed by atoms with Gasteiger partial charge in [-0.2, -0.15) is 0 Å². The summed E-state index contributed by atoms with van der Waals surface area (Å²) in [4.78, 5) is 40.0. The number of benzene rings is 3. The number of nitrogens with one attached hydrogen (secondary N) is 1. The van der Waals surface area contributed by atoms with Gasteiger partial charge in [-0.25, -0.2) is 9.69 Å². The number of urea groups is 1. The van der Waals surface area contributed by atoms with Crippen LogP contribution in [0.15, 0.2) is 90.6 Å². The number of aryl methyl sites for hydroxylation is 1. The van der Waals surface area contributed by atoms with Gasteiger partial charge in [0.25, 0.3) is 11.8 Å². The number of rotatable bonds is 9. The van der Waals surface area contributed by atoms with Crippen LogP contribution in [0.2, 0.25) is 0 Å². The third kappa shape index (κ3) is 5.48. The molecule has 0 aliphatic carbocycles. The van der Waals surface area contributed by atoms with Crippen molar-refractivity contribution in [3.63, 3.8) is 0 Å². The molecule has 0 radical (unpaired) electrons. The van der Waals surface area contributed by atoms with Gasteiger partial charge in [-0.3, -0.25) is 14.9 Å². The number of para-hydroxylation sites is 2. The second kappa shape index (κ2) is 11.4. The average molecular weight is 522 g/mol. The highest BCUT2D eigenvalue weighted by atomic mass is 16.5. The number of hydrogen-bond acceptors (Lipinski definition) is 4. The SMILES string of the molecule is CC[C@@H](C)c1ccc(N2C(=O)NC(=O)/C(=C/c3cn(CCCOc4ccccc4)c4ccccc34)C2=O)cc1. The summed E-state index contributed by atoms with van der Waals surface area (Å²) >= 11 is 0. The Morgan fingerprint density at radius 1 is 0.923 bits per heavy atom. The molecule has 0 saturated carbocycles. The first kappa shape index (κ1) is 26.0. The molecule has 1 fully saturated rings. The normalized spacial score (nSPS) is 15.6. The standard InChI is InChI=1S/C32H31N3O4/c1-3-22(2)23-14-16-25(17-15-23)35-31(37)28(30(36)33-32(35)38)20-24-21-34(29-13-8-7-12-27(24)29)18-9-19-39-26-10-5-4-6-11-26/h4-8,10-17,20-22H,3,9,18-19H2,1-2H3,(H,33,36,38)/b28-20-/t22-/m1/s1. The molecule has 7 heteroatoms. The lowest BCUT2D eigenvalue weighted by atomic mass is 9.98. The zero-order valence-corrected chi connectivity index (χ0v) is 22.1. The Morgan fingerprint density at radius 2 is 1.64 bits per heavy atom. The van der Waals surface area contributed by atoms with E-state index in [-0.39, 0.29) is 5.57 Å². The molecule has 1 aromatic heterocycles. The van der Waals surface area contributed by atoms with Gasteiger partial charge in [0.1, 0.15) is 11.3 Å². The summed E-state index contributed by atoms with van der Waals surface area (Å²) in [5, 5.41) is 3.24. The van der Waals surface area contributed by atoms with Gasteiger partial charge in [-0.15, -0.1) is 0 Å². The van der Waals surface area contributed by atoms with E-state index in [0.717, 1.165) is 45.5 Å². The van der Waals surface area contributed by atoms with Gasteiger partial charge in [0.05, 0.1) is 12.3 Å². The minimum absolute atomic E-state index is 0.0871. The van der Waals surface area contributed by atoms with Gasteiger partial charge in [0, 0.05) is 29.2 Å². The lowest BCUT2D eigenvalue weighted by molar-refractivity contribution is -0.122. The first-order valence-electron chi connectivity index (χ1n) is 13.2. The Bertz CT molecular complexity index is 1540. The number of barbiturate groups is 1. The van der Waals surface area contributed by atoms with Crippen molar-refractivity contribution in [2.75, 3.05) is 11.5 Å². The summed E-state index contributed by atoms with van der Waals surface area (Å²) in [7, 11) is 0. The van der Waals surface area contributed by atoms with Crippen LogP contribution in [0.4, 0.5) is 10.5 Å². The van der Waals surface area contributed by atoms with E-state index in [1.807, 2.05) is 72.9 Å². The van der Waals surface area contributed by atoms with Gasteiger partial charge >= 0.3 is 6.03 Å². The van der Waals surface area contributed by atoms with E-state index in [9.17, 15) is 14.4 Å². The summed E-state index contributed by atoms with van der Waals surface area (Å²) in [6.07, 6.45) is 5.27. The number of imide groups is 2. The molecule has 2 heterocycles. The van der Waals surface area contributed by atoms with E-state index in [1.165, 1.54) is 0 Å². The highest BCUT2D eigenvalue weighted by Gasteiger charge is 2.37. The molecule has 1 saturated heterocycles. The molecule has 5 rings (SSSR count). The number of fused-ring (bicyclic) bond motifs is 1. The molecular formula is C32H31N3O4. The van der Waals surface area contributed by atoms with Crippen LogP contribution >= 0.6 is 0 Å². The Kier molecular flexibility index (Phi) is 7.59. The van der Waals surface area contributed by atoms with Gasteiger partial charge in [-0.1, -0.05) is 62.4 Å². The fourth-order valence-corrected chi connectivity index (χ4v) is 4.75. The summed E-state index contributed by atoms with van der Waals surface area (Å²) in [6.45, 7) is 5.49. The van der Waals surface area contributed by atoms with Gasteiger partial charge in [0.2, 0.25) is 0 Å². The molecule has 7 nitrogen and oxygen atoms in total. The van der Waals surface area contributed by atoms with E-state index in [4.69, 9.17) is 4.74 Å². The van der Waals surface area contributed by atoms with Crippen LogP contribution in [0.25, 0.3) is 17.0 Å². The predicted molar refractivity (Wildman–Crippen MR) is 153 cm³/mol. The van der Waals surface area contributed by atoms with Gasteiger partial charge in [0.15, 0.2) is 0 Å². The smallest absolute Gasteiger partial charge is 0.335 e. The van der Waals surface area contributed by atoms with Crippen molar-refractivity contribution in [2.45, 2.75) is 39.2 Å². The third-order valence-corrected chi connectivity index (χ3v) is 7.11. The Morgan fingerprint density at radius 3 is 2.38 bits per heavy atom. The largest absolute Gasteiger partial charge is 0.494 e. The molecular weight excluding hydrogens is 490 g/mol. The van der Waals surface area contributed by atoms with Crippen molar-refractivity contribution in [2.24, 2.45) is 0 Å². The Hall–Kier alpha value is -4.65. The zero-order valence-electron chi connectivity index (χ0n) is 22.1. The predicted octanol–water partition coefficient (Wildman–Crippen LogP) is 6.29. The lowest BCUT2D eigenvalue weighted by Crippen LogP contribution is -2.54. The fourth-order valence-electron chi connectivity index (χ4n) is 4.75. The van der Waals surface area contributed by atoms with Crippen LogP contribution in [0.5, 0.6) is 5.75 Å². The number of ether oxygens (including phenoxy) is 1. The number of nitrogens with zero attached hydrogens (tertiary/aromatic N) is 2. The van der Waals surface area contributed by atoms with Crippen LogP contribution in [-0.4, -0.2) is 29.0 Å².